The maximum atomic E-state index is 12.6. The summed E-state index contributed by atoms with van der Waals surface area (Å²) in [6.07, 6.45) is 0.393. The van der Waals surface area contributed by atoms with Crippen molar-refractivity contribution in [3.63, 3.8) is 0 Å². The first-order valence-corrected chi connectivity index (χ1v) is 9.58. The summed E-state index contributed by atoms with van der Waals surface area (Å²) in [5.41, 5.74) is 0.749. The number of nitrogens with one attached hydrogen (secondary N) is 1. The summed E-state index contributed by atoms with van der Waals surface area (Å²) in [4.78, 5) is 12.6. The van der Waals surface area contributed by atoms with E-state index in [2.05, 4.69) is 5.32 Å². The summed E-state index contributed by atoms with van der Waals surface area (Å²) in [6, 6.07) is 18.9. The van der Waals surface area contributed by atoms with Crippen molar-refractivity contribution in [3.8, 4) is 0 Å². The van der Waals surface area contributed by atoms with E-state index in [1.54, 1.807) is 24.3 Å². The highest BCUT2D eigenvalue weighted by molar-refractivity contribution is 7.48. The Hall–Kier alpha value is -2.03. The van der Waals surface area contributed by atoms with Crippen molar-refractivity contribution in [1.29, 1.82) is 0 Å². The molecule has 25 heavy (non-hydrogen) atoms. The SMILES string of the molecule is CC(C)(C)NC(=O)C(CCc1ccccc1)O[P+](=O)c1ccccc1. The molecule has 132 valence electrons. The van der Waals surface area contributed by atoms with Crippen molar-refractivity contribution in [2.75, 3.05) is 0 Å². The molecule has 0 radical (unpaired) electrons. The normalized spacial score (nSPS) is 13.2. The van der Waals surface area contributed by atoms with Gasteiger partial charge in [0.2, 0.25) is 5.30 Å². The maximum Gasteiger partial charge on any atom is 0.549 e. The molecule has 0 saturated heterocycles. The first-order chi connectivity index (χ1) is 11.8. The number of amides is 1. The molecule has 0 saturated carbocycles. The predicted octanol–water partition coefficient (Wildman–Crippen LogP) is 3.99. The molecule has 0 bridgehead atoms. The minimum absolute atomic E-state index is 0.234. The van der Waals surface area contributed by atoms with Gasteiger partial charge < -0.3 is 5.32 Å². The Morgan fingerprint density at radius 1 is 1.04 bits per heavy atom. The van der Waals surface area contributed by atoms with E-state index in [1.165, 1.54) is 0 Å². The molecule has 0 aromatic heterocycles. The Labute approximate surface area is 150 Å². The lowest BCUT2D eigenvalue weighted by Gasteiger charge is -2.22. The van der Waals surface area contributed by atoms with Gasteiger partial charge in [-0.3, -0.25) is 4.79 Å². The zero-order valence-corrected chi connectivity index (χ0v) is 15.8. The molecule has 2 unspecified atom stereocenters. The van der Waals surface area contributed by atoms with E-state index in [0.29, 0.717) is 18.1 Å². The lowest BCUT2D eigenvalue weighted by atomic mass is 10.0. The van der Waals surface area contributed by atoms with Crippen molar-refractivity contribution in [1.82, 2.24) is 5.32 Å². The van der Waals surface area contributed by atoms with Gasteiger partial charge >= 0.3 is 8.03 Å². The molecule has 2 aromatic carbocycles. The molecule has 0 heterocycles. The molecule has 0 aliphatic rings. The fourth-order valence-electron chi connectivity index (χ4n) is 2.35. The molecule has 2 atom stereocenters. The van der Waals surface area contributed by atoms with Crippen LogP contribution in [0.4, 0.5) is 0 Å². The first kappa shape index (κ1) is 19.3. The van der Waals surface area contributed by atoms with Gasteiger partial charge in [0.05, 0.1) is 0 Å². The Morgan fingerprint density at radius 2 is 1.60 bits per heavy atom. The molecule has 4 nitrogen and oxygen atoms in total. The summed E-state index contributed by atoms with van der Waals surface area (Å²) in [6.45, 7) is 5.74. The highest BCUT2D eigenvalue weighted by atomic mass is 31.1. The minimum Gasteiger partial charge on any atom is -0.349 e. The van der Waals surface area contributed by atoms with Gasteiger partial charge in [-0.15, -0.1) is 4.52 Å². The van der Waals surface area contributed by atoms with Gasteiger partial charge in [-0.1, -0.05) is 48.5 Å². The number of carbonyl (C=O) groups excluding carboxylic acids is 1. The summed E-state index contributed by atoms with van der Waals surface area (Å²) >= 11 is 0. The quantitative estimate of drug-likeness (QED) is 0.762. The molecule has 2 rings (SSSR count). The average molecular weight is 358 g/mol. The number of rotatable bonds is 7. The highest BCUT2D eigenvalue weighted by Gasteiger charge is 2.33. The molecule has 1 amide bonds. The van der Waals surface area contributed by atoms with Gasteiger partial charge in [0.25, 0.3) is 5.91 Å². The smallest absolute Gasteiger partial charge is 0.349 e. The Balaban J connectivity index is 2.08. The maximum absolute atomic E-state index is 12.6. The van der Waals surface area contributed by atoms with Crippen molar-refractivity contribution in [3.05, 3.63) is 66.2 Å². The zero-order chi connectivity index (χ0) is 18.3. The van der Waals surface area contributed by atoms with E-state index in [9.17, 15) is 9.36 Å². The predicted molar refractivity (Wildman–Crippen MR) is 101 cm³/mol. The second-order valence-corrected chi connectivity index (χ2v) is 8.19. The Bertz CT molecular complexity index is 696. The first-order valence-electron chi connectivity index (χ1n) is 8.40. The van der Waals surface area contributed by atoms with Crippen LogP contribution >= 0.6 is 8.03 Å². The van der Waals surface area contributed by atoms with E-state index in [0.717, 1.165) is 5.56 Å². The molecule has 0 aliphatic heterocycles. The van der Waals surface area contributed by atoms with Crippen molar-refractivity contribution >= 4 is 19.2 Å². The fraction of sp³-hybridized carbons (Fsp3) is 0.350. The number of hydrogen-bond acceptors (Lipinski definition) is 3. The summed E-state index contributed by atoms with van der Waals surface area (Å²) in [5.74, 6) is -0.234. The van der Waals surface area contributed by atoms with E-state index < -0.39 is 14.1 Å². The van der Waals surface area contributed by atoms with Gasteiger partial charge in [0.1, 0.15) is 0 Å². The van der Waals surface area contributed by atoms with Crippen LogP contribution in [0.2, 0.25) is 0 Å². The third kappa shape index (κ3) is 6.77. The number of carbonyl (C=O) groups is 1. The molecule has 0 spiro atoms. The van der Waals surface area contributed by atoms with E-state index in [4.69, 9.17) is 4.52 Å². The van der Waals surface area contributed by atoms with Crippen LogP contribution < -0.4 is 10.6 Å². The van der Waals surface area contributed by atoms with E-state index >= 15 is 0 Å². The lowest BCUT2D eigenvalue weighted by molar-refractivity contribution is -0.129. The number of aryl methyl sites for hydroxylation is 1. The molecular weight excluding hydrogens is 333 g/mol. The van der Waals surface area contributed by atoms with Gasteiger partial charge in [0.15, 0.2) is 6.10 Å². The van der Waals surface area contributed by atoms with Crippen LogP contribution in [0.3, 0.4) is 0 Å². The van der Waals surface area contributed by atoms with Gasteiger partial charge in [-0.05, 0) is 55.9 Å². The molecule has 2 aromatic rings. The van der Waals surface area contributed by atoms with Gasteiger partial charge in [-0.25, -0.2) is 0 Å². The lowest BCUT2D eigenvalue weighted by Crippen LogP contribution is -2.46. The van der Waals surface area contributed by atoms with Crippen LogP contribution in [0.25, 0.3) is 0 Å². The average Bonchev–Trinajstić information content (AvgIpc) is 2.58. The second-order valence-electron chi connectivity index (χ2n) is 6.95. The summed E-state index contributed by atoms with van der Waals surface area (Å²) in [5, 5.41) is 3.51. The molecule has 0 aliphatic carbocycles. The third-order valence-electron chi connectivity index (χ3n) is 3.52. The largest absolute Gasteiger partial charge is 0.549 e. The van der Waals surface area contributed by atoms with Crippen LogP contribution in [0.5, 0.6) is 0 Å². The molecule has 0 fully saturated rings. The topological polar surface area (TPSA) is 55.4 Å². The summed E-state index contributed by atoms with van der Waals surface area (Å²) in [7, 11) is -2.08. The van der Waals surface area contributed by atoms with E-state index in [-0.39, 0.29) is 11.4 Å². The van der Waals surface area contributed by atoms with Gasteiger partial charge in [-0.2, -0.15) is 0 Å². The van der Waals surface area contributed by atoms with Crippen molar-refractivity contribution in [2.24, 2.45) is 0 Å². The van der Waals surface area contributed by atoms with E-state index in [1.807, 2.05) is 57.2 Å². The van der Waals surface area contributed by atoms with Crippen LogP contribution in [0.15, 0.2) is 60.7 Å². The third-order valence-corrected chi connectivity index (χ3v) is 4.68. The minimum atomic E-state index is -2.08. The van der Waals surface area contributed by atoms with Gasteiger partial charge in [0, 0.05) is 5.54 Å². The zero-order valence-electron chi connectivity index (χ0n) is 14.9. The second kappa shape index (κ2) is 8.89. The van der Waals surface area contributed by atoms with Crippen LogP contribution in [-0.2, 0) is 20.3 Å². The molecule has 1 N–H and O–H groups in total. The highest BCUT2D eigenvalue weighted by Crippen LogP contribution is 2.26. The monoisotopic (exact) mass is 358 g/mol. The molecule has 5 heteroatoms. The Morgan fingerprint density at radius 3 is 2.16 bits per heavy atom. The molecular formula is C20H25NO3P+. The number of hydrogen-bond donors (Lipinski definition) is 1. The Kier molecular flexibility index (Phi) is 6.86. The van der Waals surface area contributed by atoms with Crippen LogP contribution in [0, 0.1) is 0 Å². The van der Waals surface area contributed by atoms with Crippen LogP contribution in [-0.4, -0.2) is 17.6 Å². The standard InChI is InChI=1S/C20H24NO3P/c1-20(2,3)21-19(22)18(15-14-16-10-6-4-7-11-16)24-25(23)17-12-8-5-9-13-17/h4-13,18H,14-15H2,1-3H3/p+1. The summed E-state index contributed by atoms with van der Waals surface area (Å²) < 4.78 is 18.1. The fourth-order valence-corrected chi connectivity index (χ4v) is 3.32. The van der Waals surface area contributed by atoms with Crippen molar-refractivity contribution in [2.45, 2.75) is 45.3 Å². The van der Waals surface area contributed by atoms with Crippen molar-refractivity contribution < 1.29 is 13.9 Å². The number of benzene rings is 2. The van der Waals surface area contributed by atoms with Crippen LogP contribution in [0.1, 0.15) is 32.8 Å².